The van der Waals surface area contributed by atoms with E-state index < -0.39 is 0 Å². The first kappa shape index (κ1) is 18.7. The summed E-state index contributed by atoms with van der Waals surface area (Å²) in [5, 5.41) is 8.18. The Morgan fingerprint density at radius 1 is 1.07 bits per heavy atom. The van der Waals surface area contributed by atoms with E-state index in [4.69, 9.17) is 9.97 Å². The van der Waals surface area contributed by atoms with Gasteiger partial charge in [-0.05, 0) is 37.1 Å². The Labute approximate surface area is 174 Å². The van der Waals surface area contributed by atoms with Crippen molar-refractivity contribution < 1.29 is 4.39 Å². The number of H-pyrrole nitrogens is 1. The van der Waals surface area contributed by atoms with Crippen LogP contribution in [-0.4, -0.2) is 39.6 Å². The molecule has 152 valence electrons. The van der Waals surface area contributed by atoms with Gasteiger partial charge in [0.25, 0.3) is 0 Å². The number of nitrogens with one attached hydrogen (secondary N) is 3. The van der Waals surface area contributed by atoms with Crippen LogP contribution < -0.4 is 10.6 Å². The zero-order valence-corrected chi connectivity index (χ0v) is 16.6. The molecule has 5 rings (SSSR count). The number of hydrogen-bond acceptors (Lipinski definition) is 5. The fraction of sp³-hybridized carbons (Fsp3) is 0.261. The summed E-state index contributed by atoms with van der Waals surface area (Å²) in [5.41, 5.74) is 5.18. The first-order valence-electron chi connectivity index (χ1n) is 10.3. The highest BCUT2D eigenvalue weighted by molar-refractivity contribution is 5.83. The van der Waals surface area contributed by atoms with Gasteiger partial charge in [-0.2, -0.15) is 0 Å². The summed E-state index contributed by atoms with van der Waals surface area (Å²) in [4.78, 5) is 16.8. The van der Waals surface area contributed by atoms with Crippen molar-refractivity contribution in [2.45, 2.75) is 19.3 Å². The van der Waals surface area contributed by atoms with E-state index in [0.717, 1.165) is 61.5 Å². The van der Waals surface area contributed by atoms with Crippen molar-refractivity contribution in [3.8, 4) is 11.4 Å². The summed E-state index contributed by atoms with van der Waals surface area (Å²) in [5.74, 6) is 0.960. The molecule has 3 N–H and O–H groups in total. The van der Waals surface area contributed by atoms with Crippen molar-refractivity contribution >= 4 is 16.7 Å². The van der Waals surface area contributed by atoms with Gasteiger partial charge < -0.3 is 15.6 Å². The van der Waals surface area contributed by atoms with Gasteiger partial charge >= 0.3 is 0 Å². The van der Waals surface area contributed by atoms with E-state index in [1.807, 2.05) is 6.07 Å². The monoisotopic (exact) mass is 402 g/mol. The standard InChI is InChI=1S/C23H23FN6/c24-17-11-16(12-26-14-17)22-29-21-7-9-25-8-6-19(21)23(30-22)27-10-5-15-13-28-20-4-2-1-3-18(15)20/h1-4,11-14,25,28H,5-10H2,(H,27,29,30). The molecule has 0 unspecified atom stereocenters. The Morgan fingerprint density at radius 3 is 2.90 bits per heavy atom. The van der Waals surface area contributed by atoms with Crippen LogP contribution in [0.1, 0.15) is 16.8 Å². The van der Waals surface area contributed by atoms with Gasteiger partial charge in [0.05, 0.1) is 11.9 Å². The molecule has 3 aromatic heterocycles. The lowest BCUT2D eigenvalue weighted by molar-refractivity contribution is 0.622. The van der Waals surface area contributed by atoms with Gasteiger partial charge in [-0.15, -0.1) is 0 Å². The molecular weight excluding hydrogens is 379 g/mol. The van der Waals surface area contributed by atoms with Crippen LogP contribution in [0.25, 0.3) is 22.3 Å². The zero-order valence-electron chi connectivity index (χ0n) is 16.6. The third-order valence-electron chi connectivity index (χ3n) is 5.51. The summed E-state index contributed by atoms with van der Waals surface area (Å²) in [6.07, 6.45) is 7.43. The van der Waals surface area contributed by atoms with E-state index >= 15 is 0 Å². The second-order valence-electron chi connectivity index (χ2n) is 7.50. The van der Waals surface area contributed by atoms with E-state index in [-0.39, 0.29) is 5.82 Å². The fourth-order valence-corrected chi connectivity index (χ4v) is 4.01. The molecule has 0 saturated carbocycles. The van der Waals surface area contributed by atoms with E-state index in [1.165, 1.54) is 23.2 Å². The number of anilines is 1. The van der Waals surface area contributed by atoms with Crippen molar-refractivity contribution in [2.75, 3.05) is 25.0 Å². The molecule has 7 heteroatoms. The molecule has 4 aromatic rings. The van der Waals surface area contributed by atoms with Crippen LogP contribution in [0, 0.1) is 5.82 Å². The SMILES string of the molecule is Fc1cncc(-c2nc3c(c(NCCc4c[nH]c5ccccc45)n2)CCNCC3)c1. The topological polar surface area (TPSA) is 78.5 Å². The molecule has 4 heterocycles. The van der Waals surface area contributed by atoms with E-state index in [2.05, 4.69) is 45.0 Å². The molecule has 1 aromatic carbocycles. The highest BCUT2D eigenvalue weighted by Crippen LogP contribution is 2.25. The van der Waals surface area contributed by atoms with Crippen LogP contribution in [0.5, 0.6) is 0 Å². The fourth-order valence-electron chi connectivity index (χ4n) is 4.01. The second-order valence-corrected chi connectivity index (χ2v) is 7.50. The Kier molecular flexibility index (Phi) is 5.11. The average molecular weight is 402 g/mol. The average Bonchev–Trinajstić information content (AvgIpc) is 3.02. The van der Waals surface area contributed by atoms with Crippen LogP contribution in [-0.2, 0) is 19.3 Å². The number of benzene rings is 1. The first-order chi connectivity index (χ1) is 14.8. The molecule has 0 fully saturated rings. The van der Waals surface area contributed by atoms with Crippen LogP contribution in [0.4, 0.5) is 10.2 Å². The lowest BCUT2D eigenvalue weighted by atomic mass is 10.1. The van der Waals surface area contributed by atoms with Gasteiger partial charge in [0.2, 0.25) is 0 Å². The summed E-state index contributed by atoms with van der Waals surface area (Å²) < 4.78 is 13.7. The lowest BCUT2D eigenvalue weighted by Gasteiger charge is -2.15. The normalized spacial score (nSPS) is 13.8. The predicted octanol–water partition coefficient (Wildman–Crippen LogP) is 3.50. The molecule has 0 radical (unpaired) electrons. The largest absolute Gasteiger partial charge is 0.369 e. The van der Waals surface area contributed by atoms with Crippen LogP contribution in [0.2, 0.25) is 0 Å². The highest BCUT2D eigenvalue weighted by atomic mass is 19.1. The maximum absolute atomic E-state index is 13.7. The Balaban J connectivity index is 1.43. The number of pyridine rings is 1. The smallest absolute Gasteiger partial charge is 0.163 e. The van der Waals surface area contributed by atoms with Gasteiger partial charge in [-0.1, -0.05) is 18.2 Å². The molecule has 0 spiro atoms. The minimum Gasteiger partial charge on any atom is -0.369 e. The van der Waals surface area contributed by atoms with Gasteiger partial charge in [0.15, 0.2) is 5.82 Å². The highest BCUT2D eigenvalue weighted by Gasteiger charge is 2.18. The number of aromatic amines is 1. The van der Waals surface area contributed by atoms with Gasteiger partial charge in [0, 0.05) is 53.9 Å². The molecule has 30 heavy (non-hydrogen) atoms. The van der Waals surface area contributed by atoms with Gasteiger partial charge in [0.1, 0.15) is 11.6 Å². The van der Waals surface area contributed by atoms with Crippen molar-refractivity contribution in [1.82, 2.24) is 25.3 Å². The van der Waals surface area contributed by atoms with Crippen LogP contribution >= 0.6 is 0 Å². The minimum absolute atomic E-state index is 0.387. The molecule has 0 amide bonds. The molecule has 1 aliphatic rings. The Bertz CT molecular complexity index is 1190. The molecule has 0 atom stereocenters. The molecular formula is C23H23FN6. The molecule has 1 aliphatic heterocycles. The number of hydrogen-bond donors (Lipinski definition) is 3. The van der Waals surface area contributed by atoms with E-state index in [1.54, 1.807) is 6.20 Å². The third-order valence-corrected chi connectivity index (χ3v) is 5.51. The summed E-state index contributed by atoms with van der Waals surface area (Å²) in [7, 11) is 0. The van der Waals surface area contributed by atoms with Crippen molar-refractivity contribution in [3.63, 3.8) is 0 Å². The number of para-hydroxylation sites is 1. The first-order valence-corrected chi connectivity index (χ1v) is 10.3. The number of fused-ring (bicyclic) bond motifs is 2. The predicted molar refractivity (Wildman–Crippen MR) is 116 cm³/mol. The number of aromatic nitrogens is 4. The van der Waals surface area contributed by atoms with Gasteiger partial charge in [-0.25, -0.2) is 14.4 Å². The van der Waals surface area contributed by atoms with E-state index in [9.17, 15) is 4.39 Å². The maximum atomic E-state index is 13.7. The third kappa shape index (κ3) is 3.76. The number of rotatable bonds is 5. The quantitative estimate of drug-likeness (QED) is 0.476. The van der Waals surface area contributed by atoms with Crippen molar-refractivity contribution in [2.24, 2.45) is 0 Å². The Morgan fingerprint density at radius 2 is 1.97 bits per heavy atom. The molecule has 6 nitrogen and oxygen atoms in total. The number of nitrogens with zero attached hydrogens (tertiary/aromatic N) is 3. The van der Waals surface area contributed by atoms with Crippen molar-refractivity contribution in [3.05, 3.63) is 71.6 Å². The van der Waals surface area contributed by atoms with Crippen molar-refractivity contribution in [1.29, 1.82) is 0 Å². The molecule has 0 saturated heterocycles. The molecule has 0 aliphatic carbocycles. The Hall–Kier alpha value is -3.32. The second kappa shape index (κ2) is 8.20. The zero-order chi connectivity index (χ0) is 20.3. The van der Waals surface area contributed by atoms with Gasteiger partial charge in [-0.3, -0.25) is 4.98 Å². The van der Waals surface area contributed by atoms with E-state index in [0.29, 0.717) is 11.4 Å². The van der Waals surface area contributed by atoms with Crippen LogP contribution in [0.3, 0.4) is 0 Å². The lowest BCUT2D eigenvalue weighted by Crippen LogP contribution is -2.16. The minimum atomic E-state index is -0.387. The van der Waals surface area contributed by atoms with Crippen LogP contribution in [0.15, 0.2) is 48.9 Å². The molecule has 0 bridgehead atoms. The summed E-state index contributed by atoms with van der Waals surface area (Å²) >= 11 is 0. The summed E-state index contributed by atoms with van der Waals surface area (Å²) in [6.45, 7) is 2.52. The summed E-state index contributed by atoms with van der Waals surface area (Å²) in [6, 6.07) is 9.75. The number of halogens is 1. The maximum Gasteiger partial charge on any atom is 0.163 e.